The van der Waals surface area contributed by atoms with Gasteiger partial charge in [0.25, 0.3) is 0 Å². The maximum atomic E-state index is 13.1. The van der Waals surface area contributed by atoms with Crippen LogP contribution in [0.2, 0.25) is 0 Å². The summed E-state index contributed by atoms with van der Waals surface area (Å²) >= 11 is 0. The first-order valence-corrected chi connectivity index (χ1v) is 6.23. The molecular weight excluding hydrogens is 279 g/mol. The van der Waals surface area contributed by atoms with Crippen LogP contribution in [-0.2, 0) is 11.3 Å². The molecule has 6 nitrogen and oxygen atoms in total. The second-order valence-electron chi connectivity index (χ2n) is 4.24. The molecule has 1 N–H and O–H groups in total. The van der Waals surface area contributed by atoms with Crippen molar-refractivity contribution in [1.29, 1.82) is 0 Å². The van der Waals surface area contributed by atoms with Crippen molar-refractivity contribution in [2.24, 2.45) is 0 Å². The number of carboxylic acid groups (broad SMARTS) is 1. The average Bonchev–Trinajstić information content (AvgIpc) is 2.83. The van der Waals surface area contributed by atoms with E-state index in [9.17, 15) is 14.0 Å². The van der Waals surface area contributed by atoms with Crippen LogP contribution in [0, 0.1) is 5.82 Å². The molecule has 0 bridgehead atoms. The Labute approximate surface area is 119 Å². The van der Waals surface area contributed by atoms with E-state index < -0.39 is 17.8 Å². The Morgan fingerprint density at radius 1 is 1.43 bits per heavy atom. The highest BCUT2D eigenvalue weighted by atomic mass is 19.1. The quantitative estimate of drug-likeness (QED) is 0.852. The lowest BCUT2D eigenvalue weighted by molar-refractivity contribution is 0.0507. The summed E-state index contributed by atoms with van der Waals surface area (Å²) in [5, 5.41) is 13.0. The Bertz CT molecular complexity index is 681. The smallest absolute Gasteiger partial charge is 0.359 e. The van der Waals surface area contributed by atoms with Crippen LogP contribution in [-0.4, -0.2) is 33.4 Å². The minimum absolute atomic E-state index is 0.120. The largest absolute Gasteiger partial charge is 0.478 e. The van der Waals surface area contributed by atoms with Gasteiger partial charge in [0.05, 0.1) is 13.2 Å². The third-order valence-electron chi connectivity index (χ3n) is 2.69. The molecule has 7 heteroatoms. The number of carboxylic acids is 1. The Hall–Kier alpha value is -2.70. The van der Waals surface area contributed by atoms with E-state index in [0.29, 0.717) is 5.56 Å². The van der Waals surface area contributed by atoms with Gasteiger partial charge in [0.1, 0.15) is 11.4 Å². The molecule has 0 atom stereocenters. The first-order chi connectivity index (χ1) is 10.0. The molecule has 21 heavy (non-hydrogen) atoms. The number of aromatic nitrogens is 2. The second-order valence-corrected chi connectivity index (χ2v) is 4.24. The lowest BCUT2D eigenvalue weighted by Gasteiger charge is -2.02. The predicted octanol–water partition coefficient (Wildman–Crippen LogP) is 1.95. The molecule has 0 unspecified atom stereocenters. The van der Waals surface area contributed by atoms with Crippen molar-refractivity contribution in [2.45, 2.75) is 13.5 Å². The number of nitrogens with zero attached hydrogens (tertiary/aromatic N) is 2. The summed E-state index contributed by atoms with van der Waals surface area (Å²) < 4.78 is 19.1. The first kappa shape index (κ1) is 14.7. The molecule has 0 aliphatic heterocycles. The highest BCUT2D eigenvalue weighted by Gasteiger charge is 2.22. The van der Waals surface area contributed by atoms with Gasteiger partial charge in [0.15, 0.2) is 5.69 Å². The van der Waals surface area contributed by atoms with E-state index in [1.807, 2.05) is 0 Å². The number of ether oxygens (including phenoxy) is 1. The Morgan fingerprint density at radius 2 is 2.19 bits per heavy atom. The van der Waals surface area contributed by atoms with Crippen LogP contribution in [0.4, 0.5) is 4.39 Å². The summed E-state index contributed by atoms with van der Waals surface area (Å²) in [6.45, 7) is 1.88. The topological polar surface area (TPSA) is 81.4 Å². The second kappa shape index (κ2) is 6.17. The number of carbonyl (C=O) groups is 2. The fourth-order valence-corrected chi connectivity index (χ4v) is 1.83. The Balaban J connectivity index is 2.31. The lowest BCUT2D eigenvalue weighted by Crippen LogP contribution is -2.11. The SMILES string of the molecule is CCOC(=O)c1nn(Cc2cccc(F)c2)cc1C(=O)O. The number of aromatic carboxylic acids is 1. The highest BCUT2D eigenvalue weighted by Crippen LogP contribution is 2.12. The maximum Gasteiger partial charge on any atom is 0.359 e. The molecule has 0 fully saturated rings. The van der Waals surface area contributed by atoms with Crippen molar-refractivity contribution in [3.8, 4) is 0 Å². The summed E-state index contributed by atoms with van der Waals surface area (Å²) in [4.78, 5) is 22.8. The number of esters is 1. The van der Waals surface area contributed by atoms with Crippen molar-refractivity contribution >= 4 is 11.9 Å². The van der Waals surface area contributed by atoms with Crippen molar-refractivity contribution in [3.05, 3.63) is 53.1 Å². The lowest BCUT2D eigenvalue weighted by atomic mass is 10.2. The monoisotopic (exact) mass is 292 g/mol. The molecule has 0 aliphatic carbocycles. The van der Waals surface area contributed by atoms with Crippen LogP contribution in [0.3, 0.4) is 0 Å². The fourth-order valence-electron chi connectivity index (χ4n) is 1.83. The number of hydrogen-bond donors (Lipinski definition) is 1. The van der Waals surface area contributed by atoms with E-state index in [0.717, 1.165) is 0 Å². The first-order valence-electron chi connectivity index (χ1n) is 6.23. The van der Waals surface area contributed by atoms with Gasteiger partial charge in [0, 0.05) is 6.20 Å². The molecule has 1 aromatic heterocycles. The maximum absolute atomic E-state index is 13.1. The molecule has 1 aromatic carbocycles. The van der Waals surface area contributed by atoms with Gasteiger partial charge in [-0.05, 0) is 24.6 Å². The zero-order chi connectivity index (χ0) is 15.4. The number of rotatable bonds is 5. The van der Waals surface area contributed by atoms with Crippen LogP contribution in [0.1, 0.15) is 33.3 Å². The van der Waals surface area contributed by atoms with E-state index in [1.54, 1.807) is 19.1 Å². The van der Waals surface area contributed by atoms with E-state index >= 15 is 0 Å². The summed E-state index contributed by atoms with van der Waals surface area (Å²) in [5.41, 5.74) is 0.0930. The van der Waals surface area contributed by atoms with Crippen LogP contribution in [0.15, 0.2) is 30.5 Å². The van der Waals surface area contributed by atoms with Crippen LogP contribution >= 0.6 is 0 Å². The van der Waals surface area contributed by atoms with Gasteiger partial charge in [-0.15, -0.1) is 0 Å². The van der Waals surface area contributed by atoms with E-state index in [1.165, 1.54) is 23.0 Å². The summed E-state index contributed by atoms with van der Waals surface area (Å²) in [5.74, 6) is -2.47. The zero-order valence-electron chi connectivity index (χ0n) is 11.2. The van der Waals surface area contributed by atoms with Crippen molar-refractivity contribution in [3.63, 3.8) is 0 Å². The van der Waals surface area contributed by atoms with Crippen LogP contribution in [0.5, 0.6) is 0 Å². The molecule has 110 valence electrons. The highest BCUT2D eigenvalue weighted by molar-refractivity contribution is 6.00. The third-order valence-corrected chi connectivity index (χ3v) is 2.69. The summed E-state index contributed by atoms with van der Waals surface area (Å²) in [6, 6.07) is 5.83. The van der Waals surface area contributed by atoms with Gasteiger partial charge in [-0.2, -0.15) is 5.10 Å². The molecule has 2 rings (SSSR count). The van der Waals surface area contributed by atoms with Gasteiger partial charge in [-0.25, -0.2) is 14.0 Å². The van der Waals surface area contributed by atoms with Gasteiger partial charge >= 0.3 is 11.9 Å². The van der Waals surface area contributed by atoms with Gasteiger partial charge in [-0.3, -0.25) is 4.68 Å². The summed E-state index contributed by atoms with van der Waals surface area (Å²) in [6.07, 6.45) is 1.22. The molecule has 0 amide bonds. The normalized spacial score (nSPS) is 10.4. The van der Waals surface area contributed by atoms with E-state index in [4.69, 9.17) is 9.84 Å². The summed E-state index contributed by atoms with van der Waals surface area (Å²) in [7, 11) is 0. The fraction of sp³-hybridized carbons (Fsp3) is 0.214. The minimum atomic E-state index is -1.27. The Morgan fingerprint density at radius 3 is 2.81 bits per heavy atom. The average molecular weight is 292 g/mol. The number of benzene rings is 1. The molecule has 0 saturated carbocycles. The minimum Gasteiger partial charge on any atom is -0.478 e. The van der Waals surface area contributed by atoms with Gasteiger partial charge < -0.3 is 9.84 Å². The molecule has 0 saturated heterocycles. The van der Waals surface area contributed by atoms with Crippen molar-refractivity contribution < 1.29 is 23.8 Å². The van der Waals surface area contributed by atoms with Crippen molar-refractivity contribution in [2.75, 3.05) is 6.61 Å². The van der Waals surface area contributed by atoms with Crippen LogP contribution < -0.4 is 0 Å². The molecule has 0 spiro atoms. The van der Waals surface area contributed by atoms with Gasteiger partial charge in [-0.1, -0.05) is 12.1 Å². The molecule has 0 radical (unpaired) electrons. The number of hydrogen-bond acceptors (Lipinski definition) is 4. The third kappa shape index (κ3) is 3.44. The molecule has 0 aliphatic rings. The zero-order valence-corrected chi connectivity index (χ0v) is 11.2. The number of halogens is 1. The molecule has 2 aromatic rings. The predicted molar refractivity (Wildman–Crippen MR) is 70.6 cm³/mol. The van der Waals surface area contributed by atoms with Gasteiger partial charge in [0.2, 0.25) is 0 Å². The van der Waals surface area contributed by atoms with Crippen LogP contribution in [0.25, 0.3) is 0 Å². The van der Waals surface area contributed by atoms with Crippen molar-refractivity contribution in [1.82, 2.24) is 9.78 Å². The van der Waals surface area contributed by atoms with E-state index in [-0.39, 0.29) is 24.4 Å². The van der Waals surface area contributed by atoms with E-state index in [2.05, 4.69) is 5.10 Å². The Kier molecular flexibility index (Phi) is 4.32. The standard InChI is InChI=1S/C14H13FN2O4/c1-2-21-14(20)12-11(13(18)19)8-17(16-12)7-9-4-3-5-10(15)6-9/h3-6,8H,2,7H2,1H3,(H,18,19). The number of carbonyl (C=O) groups excluding carboxylic acids is 1. The molecule has 1 heterocycles. The molecular formula is C14H13FN2O4.